The van der Waals surface area contributed by atoms with E-state index in [2.05, 4.69) is 8.61 Å². The third kappa shape index (κ3) is 16.1. The number of hydrogen-bond donors (Lipinski definition) is 0. The van der Waals surface area contributed by atoms with Crippen molar-refractivity contribution in [2.75, 3.05) is 37.7 Å². The van der Waals surface area contributed by atoms with E-state index in [1.807, 2.05) is 0 Å². The Morgan fingerprint density at radius 1 is 0.500 bits per heavy atom. The van der Waals surface area contributed by atoms with Crippen LogP contribution in [0.15, 0.2) is 0 Å². The largest absolute Gasteiger partial charge is 0.272 e. The van der Waals surface area contributed by atoms with Crippen LogP contribution < -0.4 is 0 Å². The minimum atomic E-state index is 0.249. The first-order valence-electron chi connectivity index (χ1n) is 12.3. The summed E-state index contributed by atoms with van der Waals surface area (Å²) in [5, 5.41) is 0. The van der Waals surface area contributed by atoms with Crippen LogP contribution in [-0.4, -0.2) is 55.2 Å². The fraction of sp³-hybridized carbons (Fsp3) is 0.909. The molecule has 0 aromatic heterocycles. The zero-order valence-electron chi connectivity index (χ0n) is 19.3. The Labute approximate surface area is 220 Å². The summed E-state index contributed by atoms with van der Waals surface area (Å²) in [6, 6.07) is 0. The summed E-state index contributed by atoms with van der Waals surface area (Å²) in [5.41, 5.74) is 0. The van der Waals surface area contributed by atoms with Crippen LogP contribution in [0.4, 0.5) is 9.59 Å². The van der Waals surface area contributed by atoms with E-state index in [4.69, 9.17) is 0 Å². The van der Waals surface area contributed by atoms with Crippen molar-refractivity contribution in [3.63, 3.8) is 0 Å². The number of rotatable bonds is 15. The second kappa shape index (κ2) is 20.5. The van der Waals surface area contributed by atoms with E-state index in [-0.39, 0.29) is 8.89 Å². The Morgan fingerprint density at radius 3 is 1.22 bits per heavy atom. The van der Waals surface area contributed by atoms with Crippen LogP contribution in [0.3, 0.4) is 0 Å². The third-order valence-electron chi connectivity index (χ3n) is 5.50. The maximum atomic E-state index is 12.0. The number of unbranched alkanes of at least 4 members (excludes halogenated alkanes) is 7. The van der Waals surface area contributed by atoms with Crippen LogP contribution in [0.1, 0.15) is 89.9 Å². The molecule has 0 unspecified atom stereocenters. The minimum absolute atomic E-state index is 0.249. The lowest BCUT2D eigenvalue weighted by Crippen LogP contribution is -2.23. The van der Waals surface area contributed by atoms with E-state index < -0.39 is 0 Å². The lowest BCUT2D eigenvalue weighted by Gasteiger charge is -2.23. The molecule has 4 nitrogen and oxygen atoms in total. The Morgan fingerprint density at radius 2 is 0.844 bits per heavy atom. The molecular formula is C22H40N2O2S6. The smallest absolute Gasteiger partial charge is 0.271 e. The lowest BCUT2D eigenvalue weighted by molar-refractivity contribution is 0.274. The topological polar surface area (TPSA) is 40.6 Å². The van der Waals surface area contributed by atoms with Crippen molar-refractivity contribution < 1.29 is 9.59 Å². The molecule has 0 amide bonds. The quantitative estimate of drug-likeness (QED) is 0.111. The Bertz CT molecular complexity index is 459. The molecule has 2 fully saturated rings. The van der Waals surface area contributed by atoms with Crippen molar-refractivity contribution in [3.05, 3.63) is 0 Å². The Hall–Kier alpha value is 1.36. The molecule has 0 radical (unpaired) electrons. The summed E-state index contributed by atoms with van der Waals surface area (Å²) in [4.78, 5) is 23.9. The highest BCUT2D eigenvalue weighted by atomic mass is 33.1. The van der Waals surface area contributed by atoms with Crippen LogP contribution in [0.2, 0.25) is 0 Å². The number of piperidine rings is 2. The minimum Gasteiger partial charge on any atom is -0.272 e. The number of carbonyl (C=O) groups is 2. The predicted molar refractivity (Wildman–Crippen MR) is 154 cm³/mol. The van der Waals surface area contributed by atoms with Gasteiger partial charge in [-0.2, -0.15) is 0 Å². The molecular weight excluding hydrogens is 517 g/mol. The average molecular weight is 557 g/mol. The second-order valence-electron chi connectivity index (χ2n) is 8.30. The number of carbonyl (C=O) groups excluding carboxylic acids is 2. The molecule has 2 saturated heterocycles. The van der Waals surface area contributed by atoms with Gasteiger partial charge in [0.25, 0.3) is 8.89 Å². The molecule has 0 saturated carbocycles. The highest BCUT2D eigenvalue weighted by molar-refractivity contribution is 8.86. The fourth-order valence-electron chi connectivity index (χ4n) is 3.72. The van der Waals surface area contributed by atoms with Gasteiger partial charge in [-0.25, -0.2) is 8.61 Å². The molecule has 0 N–H and O–H groups in total. The van der Waals surface area contributed by atoms with E-state index in [9.17, 15) is 9.59 Å². The first-order chi connectivity index (χ1) is 15.7. The molecule has 0 atom stereocenters. The predicted octanol–water partition coefficient (Wildman–Crippen LogP) is 9.38. The van der Waals surface area contributed by atoms with Gasteiger partial charge < -0.3 is 0 Å². The summed E-state index contributed by atoms with van der Waals surface area (Å²) in [5.74, 6) is 2.17. The molecule has 32 heavy (non-hydrogen) atoms. The zero-order chi connectivity index (χ0) is 22.7. The Kier molecular flexibility index (Phi) is 19.0. The van der Waals surface area contributed by atoms with Gasteiger partial charge in [0.15, 0.2) is 0 Å². The fourth-order valence-corrected chi connectivity index (χ4v) is 10.1. The lowest BCUT2D eigenvalue weighted by atomic mass is 10.1. The number of nitrogens with zero attached hydrogens (tertiary/aromatic N) is 2. The van der Waals surface area contributed by atoms with Crippen molar-refractivity contribution in [2.45, 2.75) is 89.9 Å². The van der Waals surface area contributed by atoms with Crippen LogP contribution in [-0.2, 0) is 0 Å². The van der Waals surface area contributed by atoms with E-state index in [0.29, 0.717) is 0 Å². The van der Waals surface area contributed by atoms with Crippen molar-refractivity contribution in [3.8, 4) is 0 Å². The molecule has 0 aromatic carbocycles. The monoisotopic (exact) mass is 556 g/mol. The first kappa shape index (κ1) is 29.6. The van der Waals surface area contributed by atoms with E-state index in [0.717, 1.165) is 37.7 Å². The van der Waals surface area contributed by atoms with Crippen LogP contribution >= 0.6 is 67.1 Å². The van der Waals surface area contributed by atoms with E-state index in [1.165, 1.54) is 135 Å². The maximum absolute atomic E-state index is 12.0. The standard InChI is InChI=1S/C22H40N2O2S6/c25-21(29-23-15-9-7-10-16-23)31-27-19-13-5-3-1-2-4-6-14-20-28-32-22(26)30-24-17-11-8-12-18-24/h1-20H2. The molecule has 0 aliphatic carbocycles. The normalized spacial score (nSPS) is 18.1. The third-order valence-corrected chi connectivity index (χ3v) is 12.7. The van der Waals surface area contributed by atoms with Crippen molar-refractivity contribution >= 4 is 76.0 Å². The summed E-state index contributed by atoms with van der Waals surface area (Å²) in [6.07, 6.45) is 17.8. The Balaban J connectivity index is 1.26. The van der Waals surface area contributed by atoms with Gasteiger partial charge in [0, 0.05) is 61.6 Å². The second-order valence-corrected chi connectivity index (χ2v) is 15.7. The van der Waals surface area contributed by atoms with Crippen molar-refractivity contribution in [1.82, 2.24) is 8.61 Å². The molecule has 10 heteroatoms. The number of hydrogen-bond acceptors (Lipinski definition) is 10. The van der Waals surface area contributed by atoms with Gasteiger partial charge in [0.1, 0.15) is 0 Å². The van der Waals surface area contributed by atoms with Gasteiger partial charge in [0.2, 0.25) is 0 Å². The van der Waals surface area contributed by atoms with Crippen molar-refractivity contribution in [1.29, 1.82) is 0 Å². The summed E-state index contributed by atoms with van der Waals surface area (Å²) in [7, 11) is 6.32. The van der Waals surface area contributed by atoms with Gasteiger partial charge in [-0.05, 0) is 60.1 Å². The van der Waals surface area contributed by atoms with Crippen LogP contribution in [0.5, 0.6) is 0 Å². The van der Waals surface area contributed by atoms with Crippen molar-refractivity contribution in [2.24, 2.45) is 0 Å². The summed E-state index contributed by atoms with van der Waals surface area (Å²) in [6.45, 7) is 4.27. The first-order valence-corrected chi connectivity index (χ1v) is 18.5. The van der Waals surface area contributed by atoms with Gasteiger partial charge in [-0.1, -0.05) is 73.0 Å². The SMILES string of the molecule is O=C(SSCCCCCCCCCCSSC(=O)SN1CCCCC1)SN1CCCCC1. The summed E-state index contributed by atoms with van der Waals surface area (Å²) < 4.78 is 4.95. The molecule has 0 spiro atoms. The van der Waals surface area contributed by atoms with E-state index in [1.54, 1.807) is 21.6 Å². The van der Waals surface area contributed by atoms with Gasteiger partial charge in [-0.3, -0.25) is 9.59 Å². The van der Waals surface area contributed by atoms with Crippen LogP contribution in [0.25, 0.3) is 0 Å². The highest BCUT2D eigenvalue weighted by Crippen LogP contribution is 2.33. The molecule has 2 rings (SSSR count). The zero-order valence-corrected chi connectivity index (χ0v) is 24.2. The molecule has 2 aliphatic rings. The van der Waals surface area contributed by atoms with E-state index >= 15 is 0 Å². The molecule has 0 bridgehead atoms. The molecule has 2 heterocycles. The highest BCUT2D eigenvalue weighted by Gasteiger charge is 2.16. The molecule has 0 aromatic rings. The van der Waals surface area contributed by atoms with Gasteiger partial charge in [-0.15, -0.1) is 0 Å². The van der Waals surface area contributed by atoms with Crippen LogP contribution in [0, 0.1) is 0 Å². The summed E-state index contributed by atoms with van der Waals surface area (Å²) >= 11 is 2.85. The molecule has 186 valence electrons. The van der Waals surface area contributed by atoms with Gasteiger partial charge >= 0.3 is 0 Å². The average Bonchev–Trinajstić information content (AvgIpc) is 2.80. The molecule has 2 aliphatic heterocycles. The van der Waals surface area contributed by atoms with Gasteiger partial charge in [0.05, 0.1) is 0 Å². The maximum Gasteiger partial charge on any atom is 0.271 e.